The number of carbonyl (C=O) groups excluding carboxylic acids is 4. The number of rotatable bonds is 14. The maximum Gasteiger partial charge on any atom is 0.412 e. The number of anilines is 3. The number of amides is 2. The number of hydrogen-bond acceptors (Lipinski definition) is 21. The Bertz CT molecular complexity index is 3530. The molecule has 0 aliphatic heterocycles. The van der Waals surface area contributed by atoms with E-state index in [0.29, 0.717) is 73.1 Å². The Kier molecular flexibility index (Phi) is 22.2. The van der Waals surface area contributed by atoms with Gasteiger partial charge in [-0.15, -0.1) is 12.4 Å². The number of pyridine rings is 2. The zero-order chi connectivity index (χ0) is 60.1. The fourth-order valence-corrected chi connectivity index (χ4v) is 7.78. The number of esters is 2. The molecule has 30 heteroatoms. The van der Waals surface area contributed by atoms with Gasteiger partial charge in [0.1, 0.15) is 33.7 Å². The van der Waals surface area contributed by atoms with Crippen LogP contribution in [0.4, 0.5) is 26.7 Å². The van der Waals surface area contributed by atoms with Crippen molar-refractivity contribution in [1.29, 1.82) is 0 Å². The van der Waals surface area contributed by atoms with E-state index in [4.69, 9.17) is 47.9 Å². The van der Waals surface area contributed by atoms with Gasteiger partial charge in [-0.1, -0.05) is 35.3 Å². The first-order chi connectivity index (χ1) is 38.7. The minimum absolute atomic E-state index is 0. The molecule has 2 amide bonds. The van der Waals surface area contributed by atoms with E-state index in [1.807, 2.05) is 0 Å². The van der Waals surface area contributed by atoms with E-state index in [1.54, 1.807) is 128 Å². The van der Waals surface area contributed by atoms with Gasteiger partial charge in [0.15, 0.2) is 23.2 Å². The predicted molar refractivity (Wildman–Crippen MR) is 306 cm³/mol. The molecule has 2 atom stereocenters. The minimum Gasteiger partial charge on any atom is -0.477 e. The van der Waals surface area contributed by atoms with Crippen LogP contribution in [-0.4, -0.2) is 116 Å². The van der Waals surface area contributed by atoms with Crippen molar-refractivity contribution in [3.63, 3.8) is 0 Å². The standard InChI is InChI=1S/C22H25ClN6O4.C17H17ClN6O2.C14H17N5O4.ClH/c1-13(15-7-6-8-24-19(15)23)32-18(30)9-17-16(12-27-29(17)5)20-25-10-14(11-26-20)28-21(31)33-22(2,3)4;1-10(12-4-3-5-20-16(12)18)26-15(25)6-14-13(9-23-24(14)2)17-21-7-11(19)8-22-17;1-14(2,3)23-13(22)18-8-5-15-11(16-6-8)9-7-17-19(4)10(9)12(20)21;/h6-8,10-13H,9H2,1-5H3,(H,28,31);3-5,7-10H,6,19H2,1-2H3;5-7H,1-4H3,(H,18,22)(H,20,21);1H/t13-;10-;;/m11../s1. The van der Waals surface area contributed by atoms with E-state index in [-0.39, 0.29) is 41.9 Å². The Morgan fingerprint density at radius 3 is 1.28 bits per heavy atom. The molecule has 0 aromatic carbocycles. The van der Waals surface area contributed by atoms with Crippen LogP contribution in [0.1, 0.15) is 101 Å². The summed E-state index contributed by atoms with van der Waals surface area (Å²) >= 11 is 12.1. The molecule has 8 heterocycles. The van der Waals surface area contributed by atoms with Gasteiger partial charge in [0.25, 0.3) is 0 Å². The molecule has 83 heavy (non-hydrogen) atoms. The molecule has 0 spiro atoms. The Morgan fingerprint density at radius 2 is 0.916 bits per heavy atom. The summed E-state index contributed by atoms with van der Waals surface area (Å²) in [5.41, 5.74) is 9.55. The highest BCUT2D eigenvalue weighted by Gasteiger charge is 2.24. The molecule has 8 rings (SSSR count). The molecule has 8 aromatic heterocycles. The van der Waals surface area contributed by atoms with Crippen molar-refractivity contribution in [2.75, 3.05) is 16.4 Å². The highest BCUT2D eigenvalue weighted by atomic mass is 35.5. The third-order valence-corrected chi connectivity index (χ3v) is 11.6. The average molecular weight is 1200 g/mol. The normalized spacial score (nSPS) is 11.7. The van der Waals surface area contributed by atoms with Crippen molar-refractivity contribution in [2.24, 2.45) is 21.1 Å². The second-order valence-corrected chi connectivity index (χ2v) is 20.4. The number of nitrogens with two attached hydrogens (primary N) is 1. The van der Waals surface area contributed by atoms with E-state index in [2.05, 4.69) is 65.8 Å². The van der Waals surface area contributed by atoms with Gasteiger partial charge in [0.2, 0.25) is 0 Å². The number of nitrogen functional groups attached to an aromatic ring is 1. The van der Waals surface area contributed by atoms with Gasteiger partial charge in [0.05, 0.1) is 114 Å². The van der Waals surface area contributed by atoms with E-state index < -0.39 is 53.5 Å². The van der Waals surface area contributed by atoms with Gasteiger partial charge in [0, 0.05) is 44.7 Å². The Hall–Kier alpha value is -9.21. The molecule has 438 valence electrons. The molecule has 0 aliphatic carbocycles. The third-order valence-electron chi connectivity index (χ3n) is 10.9. The molecule has 0 radical (unpaired) electrons. The Morgan fingerprint density at radius 1 is 0.566 bits per heavy atom. The molecule has 8 aromatic rings. The lowest BCUT2D eigenvalue weighted by Crippen LogP contribution is -2.27. The van der Waals surface area contributed by atoms with Crippen molar-refractivity contribution < 1.29 is 48.0 Å². The lowest BCUT2D eigenvalue weighted by Gasteiger charge is -2.19. The van der Waals surface area contributed by atoms with Crippen molar-refractivity contribution in [3.05, 3.63) is 131 Å². The number of carboxylic acid groups (broad SMARTS) is 1. The third kappa shape index (κ3) is 18.7. The Labute approximate surface area is 492 Å². The second-order valence-electron chi connectivity index (χ2n) is 19.7. The number of ether oxygens (including phenoxy) is 4. The predicted octanol–water partition coefficient (Wildman–Crippen LogP) is 8.82. The summed E-state index contributed by atoms with van der Waals surface area (Å²) in [7, 11) is 4.97. The fraction of sp³-hybridized carbons (Fsp3) is 0.321. The smallest absolute Gasteiger partial charge is 0.412 e. The van der Waals surface area contributed by atoms with Crippen molar-refractivity contribution >= 4 is 82.8 Å². The summed E-state index contributed by atoms with van der Waals surface area (Å²) < 4.78 is 25.7. The van der Waals surface area contributed by atoms with Crippen molar-refractivity contribution in [3.8, 4) is 34.2 Å². The summed E-state index contributed by atoms with van der Waals surface area (Å²) in [6.07, 6.45) is 14.0. The van der Waals surface area contributed by atoms with Crippen LogP contribution in [0.25, 0.3) is 34.2 Å². The van der Waals surface area contributed by atoms with E-state index in [1.165, 1.54) is 55.1 Å². The maximum atomic E-state index is 12.6. The maximum absolute atomic E-state index is 12.6. The molecule has 0 unspecified atom stereocenters. The molecular formula is C53H60Cl3N17O10. The number of halogens is 3. The first-order valence-electron chi connectivity index (χ1n) is 24.8. The van der Waals surface area contributed by atoms with Gasteiger partial charge < -0.3 is 29.8 Å². The van der Waals surface area contributed by atoms with Crippen LogP contribution in [0.2, 0.25) is 10.3 Å². The van der Waals surface area contributed by atoms with Crippen LogP contribution in [-0.2, 0) is 62.5 Å². The molecule has 5 N–H and O–H groups in total. The molecule has 0 aliphatic rings. The van der Waals surface area contributed by atoms with Crippen molar-refractivity contribution in [2.45, 2.75) is 91.6 Å². The minimum atomic E-state index is -1.13. The van der Waals surface area contributed by atoms with Crippen molar-refractivity contribution in [1.82, 2.24) is 69.2 Å². The topological polar surface area (TPSA) is 349 Å². The molecular weight excluding hydrogens is 1140 g/mol. The summed E-state index contributed by atoms with van der Waals surface area (Å²) in [6, 6.07) is 6.99. The lowest BCUT2D eigenvalue weighted by molar-refractivity contribution is -0.148. The first-order valence-corrected chi connectivity index (χ1v) is 25.5. The van der Waals surface area contributed by atoms with E-state index >= 15 is 0 Å². The second kappa shape index (κ2) is 28.5. The van der Waals surface area contributed by atoms with Crippen LogP contribution < -0.4 is 16.4 Å². The van der Waals surface area contributed by atoms with Crippen LogP contribution >= 0.6 is 35.6 Å². The number of carboxylic acids is 1. The summed E-state index contributed by atoms with van der Waals surface area (Å²) in [4.78, 5) is 92.8. The number of aromatic nitrogens is 14. The van der Waals surface area contributed by atoms with Crippen LogP contribution in [0.15, 0.2) is 92.4 Å². The number of nitrogens with one attached hydrogen (secondary N) is 2. The van der Waals surface area contributed by atoms with Crippen LogP contribution in [0.3, 0.4) is 0 Å². The zero-order valence-electron chi connectivity index (χ0n) is 46.9. The SMILES string of the molecule is C[C@@H](OC(=O)Cc1c(-c2ncc(N)cn2)cnn1C)c1cccnc1Cl.C[C@@H](OC(=O)Cc1c(-c2ncc(NC(=O)OC(C)(C)C)cn2)cnn1C)c1cccnc1Cl.Cl.Cn1ncc(-c2ncc(NC(=O)OC(C)(C)C)cn2)c1C(=O)O. The van der Waals surface area contributed by atoms with Gasteiger partial charge in [-0.05, 0) is 67.5 Å². The number of nitrogens with zero attached hydrogens (tertiary/aromatic N) is 14. The molecule has 0 saturated heterocycles. The summed E-state index contributed by atoms with van der Waals surface area (Å²) in [5, 5.41) is 27.1. The zero-order valence-corrected chi connectivity index (χ0v) is 49.2. The fourth-order valence-electron chi connectivity index (χ4n) is 7.24. The average Bonchev–Trinajstić information content (AvgIpc) is 4.23. The first kappa shape index (κ1) is 64.6. The van der Waals surface area contributed by atoms with Gasteiger partial charge in [-0.2, -0.15) is 15.3 Å². The van der Waals surface area contributed by atoms with E-state index in [9.17, 15) is 29.1 Å². The van der Waals surface area contributed by atoms with Gasteiger partial charge >= 0.3 is 30.1 Å². The van der Waals surface area contributed by atoms with Crippen LogP contribution in [0, 0.1) is 0 Å². The number of aromatic carboxylic acids is 1. The molecule has 27 nitrogen and oxygen atoms in total. The lowest BCUT2D eigenvalue weighted by atomic mass is 10.1. The quantitative estimate of drug-likeness (QED) is 0.0448. The highest BCUT2D eigenvalue weighted by molar-refractivity contribution is 6.30. The largest absolute Gasteiger partial charge is 0.477 e. The number of hydrogen-bond donors (Lipinski definition) is 4. The summed E-state index contributed by atoms with van der Waals surface area (Å²) in [5.74, 6) is -1.01. The number of carbonyl (C=O) groups is 5. The monoisotopic (exact) mass is 1200 g/mol. The Balaban J connectivity index is 0.000000231. The number of aryl methyl sites for hydroxylation is 3. The molecule has 0 fully saturated rings. The van der Waals surface area contributed by atoms with Gasteiger partial charge in [-0.25, -0.2) is 54.3 Å². The molecule has 0 saturated carbocycles. The highest BCUT2D eigenvalue weighted by Crippen LogP contribution is 2.28. The van der Waals surface area contributed by atoms with Gasteiger partial charge in [-0.3, -0.25) is 34.3 Å². The summed E-state index contributed by atoms with van der Waals surface area (Å²) in [6.45, 7) is 14.0. The van der Waals surface area contributed by atoms with Crippen LogP contribution in [0.5, 0.6) is 0 Å². The van der Waals surface area contributed by atoms with E-state index in [0.717, 1.165) is 0 Å². The molecule has 0 bridgehead atoms.